The van der Waals surface area contributed by atoms with Crippen LogP contribution in [0.25, 0.3) is 0 Å². The van der Waals surface area contributed by atoms with E-state index in [0.717, 1.165) is 57.8 Å². The first-order valence-corrected chi connectivity index (χ1v) is 22.5. The van der Waals surface area contributed by atoms with Gasteiger partial charge in [-0.2, -0.15) is 0 Å². The topological polar surface area (TPSA) is 256 Å². The minimum Gasteiger partial charge on any atom is -0.462 e. The van der Waals surface area contributed by atoms with Gasteiger partial charge in [0, 0.05) is 12.8 Å². The SMILES string of the molecule is CCCCC[C@@H](O)/C=C/C=C\C=C\C=C\[C@@H](O)[C@H](O)CCCC(=O)OC[C@H](COP(=O)(O)OC[C@@H](O)COP(=O)(O)O)OC(=O)CCCCCCCCC(C)C. The summed E-state index contributed by atoms with van der Waals surface area (Å²) in [5, 5.41) is 40.1. The Balaban J connectivity index is 4.87. The fraction of sp³-hybridized carbons (Fsp3) is 0.737. The van der Waals surface area contributed by atoms with Crippen molar-refractivity contribution in [3.63, 3.8) is 0 Å². The Morgan fingerprint density at radius 3 is 1.80 bits per heavy atom. The first kappa shape index (κ1) is 54.0. The number of ether oxygens (including phenoxy) is 2. The monoisotopic (exact) mass is 842 g/mol. The Hall–Kier alpha value is -2.04. The normalized spacial score (nSPS) is 16.5. The molecule has 0 aromatic heterocycles. The highest BCUT2D eigenvalue weighted by Gasteiger charge is 2.28. The minimum atomic E-state index is -4.90. The third-order valence-corrected chi connectivity index (χ3v) is 9.44. The number of hydrogen-bond acceptors (Lipinski definition) is 13. The molecule has 0 aromatic rings. The number of esters is 2. The molecule has 0 saturated carbocycles. The molecule has 56 heavy (non-hydrogen) atoms. The van der Waals surface area contributed by atoms with Crippen LogP contribution in [0.15, 0.2) is 48.6 Å². The van der Waals surface area contributed by atoms with Gasteiger partial charge in [0.2, 0.25) is 0 Å². The van der Waals surface area contributed by atoms with Gasteiger partial charge in [0.1, 0.15) is 12.7 Å². The van der Waals surface area contributed by atoms with Gasteiger partial charge in [-0.15, -0.1) is 0 Å². The second-order valence-corrected chi connectivity index (χ2v) is 16.6. The molecule has 0 fully saturated rings. The summed E-state index contributed by atoms with van der Waals surface area (Å²) in [4.78, 5) is 52.4. The summed E-state index contributed by atoms with van der Waals surface area (Å²) in [6, 6.07) is 0. The van der Waals surface area contributed by atoms with Gasteiger partial charge < -0.3 is 44.6 Å². The summed E-state index contributed by atoms with van der Waals surface area (Å²) >= 11 is 0. The number of allylic oxidation sites excluding steroid dienone is 6. The number of aliphatic hydroxyl groups excluding tert-OH is 4. The minimum absolute atomic E-state index is 0.0538. The Labute approximate surface area is 332 Å². The van der Waals surface area contributed by atoms with Gasteiger partial charge >= 0.3 is 27.6 Å². The van der Waals surface area contributed by atoms with E-state index in [0.29, 0.717) is 12.3 Å². The maximum absolute atomic E-state index is 12.6. The van der Waals surface area contributed by atoms with Crippen LogP contribution in [0.2, 0.25) is 0 Å². The Morgan fingerprint density at radius 2 is 1.16 bits per heavy atom. The third kappa shape index (κ3) is 35.1. The quantitative estimate of drug-likeness (QED) is 0.0170. The summed E-state index contributed by atoms with van der Waals surface area (Å²) in [6.45, 7) is 3.40. The van der Waals surface area contributed by atoms with Crippen molar-refractivity contribution in [3.05, 3.63) is 48.6 Å². The van der Waals surface area contributed by atoms with E-state index in [4.69, 9.17) is 23.8 Å². The lowest BCUT2D eigenvalue weighted by molar-refractivity contribution is -0.161. The second kappa shape index (κ2) is 32.9. The van der Waals surface area contributed by atoms with Crippen LogP contribution in [-0.2, 0) is 41.8 Å². The number of rotatable bonds is 35. The largest absolute Gasteiger partial charge is 0.472 e. The van der Waals surface area contributed by atoms with Crippen LogP contribution in [0.1, 0.15) is 117 Å². The molecule has 0 aliphatic carbocycles. The summed E-state index contributed by atoms with van der Waals surface area (Å²) in [5.74, 6) is -0.713. The van der Waals surface area contributed by atoms with Gasteiger partial charge in [0.05, 0.1) is 38.1 Å². The molecular formula is C38H68O16P2. The van der Waals surface area contributed by atoms with E-state index < -0.39 is 84.5 Å². The van der Waals surface area contributed by atoms with Crippen LogP contribution in [-0.4, -0.2) is 104 Å². The predicted octanol–water partition coefficient (Wildman–Crippen LogP) is 5.88. The number of aliphatic hydroxyl groups is 4. The van der Waals surface area contributed by atoms with Gasteiger partial charge in [-0.3, -0.25) is 23.2 Å². The van der Waals surface area contributed by atoms with E-state index in [2.05, 4.69) is 29.8 Å². The molecule has 0 aliphatic heterocycles. The number of carbonyl (C=O) groups is 2. The maximum atomic E-state index is 12.6. The van der Waals surface area contributed by atoms with E-state index in [9.17, 15) is 44.0 Å². The van der Waals surface area contributed by atoms with Crippen LogP contribution in [0.3, 0.4) is 0 Å². The van der Waals surface area contributed by atoms with E-state index in [1.807, 2.05) is 0 Å². The zero-order valence-electron chi connectivity index (χ0n) is 33.2. The van der Waals surface area contributed by atoms with E-state index in [-0.39, 0.29) is 25.7 Å². The summed E-state index contributed by atoms with van der Waals surface area (Å²) in [5.41, 5.74) is 0. The highest BCUT2D eigenvalue weighted by Crippen LogP contribution is 2.43. The molecule has 6 atom stereocenters. The molecule has 0 radical (unpaired) electrons. The lowest BCUT2D eigenvalue weighted by atomic mass is 10.0. The maximum Gasteiger partial charge on any atom is 0.472 e. The van der Waals surface area contributed by atoms with Crippen LogP contribution in [0.4, 0.5) is 0 Å². The van der Waals surface area contributed by atoms with Crippen molar-refractivity contribution in [1.82, 2.24) is 0 Å². The molecule has 0 aromatic carbocycles. The van der Waals surface area contributed by atoms with Crippen molar-refractivity contribution in [2.45, 2.75) is 148 Å². The van der Waals surface area contributed by atoms with Crippen molar-refractivity contribution < 1.29 is 76.9 Å². The van der Waals surface area contributed by atoms with Crippen molar-refractivity contribution in [2.75, 3.05) is 26.4 Å². The molecule has 7 N–H and O–H groups in total. The Bertz CT molecular complexity index is 1250. The fourth-order valence-corrected chi connectivity index (χ4v) is 6.01. The predicted molar refractivity (Wildman–Crippen MR) is 211 cm³/mol. The van der Waals surface area contributed by atoms with Crippen LogP contribution in [0, 0.1) is 5.92 Å². The average Bonchev–Trinajstić information content (AvgIpc) is 3.12. The molecule has 0 bridgehead atoms. The van der Waals surface area contributed by atoms with Gasteiger partial charge in [-0.25, -0.2) is 9.13 Å². The van der Waals surface area contributed by atoms with Crippen LogP contribution >= 0.6 is 15.6 Å². The fourth-order valence-electron chi connectivity index (χ4n) is 4.86. The first-order valence-electron chi connectivity index (χ1n) is 19.5. The molecule has 0 heterocycles. The van der Waals surface area contributed by atoms with Crippen molar-refractivity contribution in [2.24, 2.45) is 5.92 Å². The van der Waals surface area contributed by atoms with E-state index in [1.54, 1.807) is 42.5 Å². The molecule has 18 heteroatoms. The number of carbonyl (C=O) groups excluding carboxylic acids is 2. The molecule has 0 amide bonds. The molecule has 326 valence electrons. The Kier molecular flexibility index (Phi) is 31.7. The lowest BCUT2D eigenvalue weighted by Crippen LogP contribution is -2.30. The second-order valence-electron chi connectivity index (χ2n) is 13.9. The third-order valence-electron chi connectivity index (χ3n) is 8.01. The van der Waals surface area contributed by atoms with Gasteiger partial charge in [-0.05, 0) is 31.6 Å². The highest BCUT2D eigenvalue weighted by atomic mass is 31.2. The molecule has 16 nitrogen and oxygen atoms in total. The van der Waals surface area contributed by atoms with Gasteiger partial charge in [0.25, 0.3) is 0 Å². The zero-order valence-corrected chi connectivity index (χ0v) is 35.0. The lowest BCUT2D eigenvalue weighted by Gasteiger charge is -2.20. The van der Waals surface area contributed by atoms with Gasteiger partial charge in [-0.1, -0.05) is 127 Å². The zero-order chi connectivity index (χ0) is 42.2. The van der Waals surface area contributed by atoms with Crippen molar-refractivity contribution in [3.8, 4) is 0 Å². The highest BCUT2D eigenvalue weighted by molar-refractivity contribution is 7.47. The van der Waals surface area contributed by atoms with E-state index >= 15 is 0 Å². The number of phosphoric ester groups is 2. The first-order chi connectivity index (χ1) is 26.4. The smallest absolute Gasteiger partial charge is 0.462 e. The molecule has 0 spiro atoms. The number of phosphoric acid groups is 2. The number of unbranched alkanes of at least 4 members (excludes halogenated alkanes) is 7. The van der Waals surface area contributed by atoms with Crippen LogP contribution in [0.5, 0.6) is 0 Å². The van der Waals surface area contributed by atoms with Gasteiger partial charge in [0.15, 0.2) is 6.10 Å². The molecular weight excluding hydrogens is 774 g/mol. The van der Waals surface area contributed by atoms with Crippen LogP contribution < -0.4 is 0 Å². The summed E-state index contributed by atoms with van der Waals surface area (Å²) in [6.07, 6.45) is 18.3. The van der Waals surface area contributed by atoms with Crippen molar-refractivity contribution in [1.29, 1.82) is 0 Å². The summed E-state index contributed by atoms with van der Waals surface area (Å²) in [7, 11) is -9.78. The Morgan fingerprint density at radius 1 is 0.607 bits per heavy atom. The average molecular weight is 843 g/mol. The van der Waals surface area contributed by atoms with Crippen molar-refractivity contribution >= 4 is 27.6 Å². The summed E-state index contributed by atoms with van der Waals surface area (Å²) < 4.78 is 47.3. The van der Waals surface area contributed by atoms with E-state index in [1.165, 1.54) is 12.5 Å². The number of hydrogen-bond donors (Lipinski definition) is 7. The standard InChI is InChI=1S/C38H68O16P2/c1-4-5-14-21-32(39)22-16-11-7-8-12-17-23-35(41)36(42)24-19-26-37(43)50-29-34(54-38(44)25-18-13-9-6-10-15-20-31(2)3)30-53-56(48,49)52-28-33(40)27-51-55(45,46)47/h7-8,11-12,16-17,22-23,31-36,39-42H,4-6,9-10,13-15,18-21,24-30H2,1-3H3,(H,48,49)(H2,45,46,47)/b11-7-,12-8+,22-16+,23-17+/t32-,33+,34-,35-,36-/m1/s1. The molecule has 0 aliphatic rings. The molecule has 0 saturated heterocycles. The molecule has 1 unspecified atom stereocenters. The molecule has 0 rings (SSSR count).